The minimum absolute atomic E-state index is 0.841. The molecule has 18 heavy (non-hydrogen) atoms. The van der Waals surface area contributed by atoms with Crippen LogP contribution in [0.1, 0.15) is 16.7 Å². The van der Waals surface area contributed by atoms with Gasteiger partial charge in [-0.3, -0.25) is 0 Å². The van der Waals surface area contributed by atoms with Crippen molar-refractivity contribution in [2.75, 3.05) is 11.9 Å². The largest absolute Gasteiger partial charge is 0.329 e. The van der Waals surface area contributed by atoms with Gasteiger partial charge < -0.3 is 4.90 Å². The number of aromatic nitrogens is 1. The number of aryl methyl sites for hydroxylation is 2. The van der Waals surface area contributed by atoms with Crippen LogP contribution >= 0.6 is 15.9 Å². The van der Waals surface area contributed by atoms with Crippen molar-refractivity contribution in [3.05, 3.63) is 53.2 Å². The Balaban J connectivity index is 2.31. The third-order valence-corrected chi connectivity index (χ3v) is 3.67. The Hall–Kier alpha value is -1.35. The van der Waals surface area contributed by atoms with E-state index in [1.54, 1.807) is 0 Å². The molecule has 0 atom stereocenters. The van der Waals surface area contributed by atoms with E-state index in [-0.39, 0.29) is 0 Å². The van der Waals surface area contributed by atoms with E-state index in [0.717, 1.165) is 11.1 Å². The highest BCUT2D eigenvalue weighted by Crippen LogP contribution is 2.26. The molecular weight excluding hydrogens is 288 g/mol. The first-order valence-electron chi connectivity index (χ1n) is 5.93. The predicted octanol–water partition coefficient (Wildman–Crippen LogP) is 4.36. The lowest BCUT2D eigenvalue weighted by molar-refractivity contribution is 1.10. The van der Waals surface area contributed by atoms with Crippen LogP contribution in [0.3, 0.4) is 0 Å². The SMILES string of the molecule is Cc1ccc(N(C)c2ccc(CBr)cn2)c(C)c1. The van der Waals surface area contributed by atoms with Gasteiger partial charge in [0.1, 0.15) is 5.82 Å². The standard InChI is InChI=1S/C15H17BrN2/c1-11-4-6-14(12(2)8-11)18(3)15-7-5-13(9-16)10-17-15/h4-8,10H,9H2,1-3H3. The molecule has 1 heterocycles. The molecule has 0 unspecified atom stereocenters. The lowest BCUT2D eigenvalue weighted by Crippen LogP contribution is -2.12. The van der Waals surface area contributed by atoms with Gasteiger partial charge >= 0.3 is 0 Å². The van der Waals surface area contributed by atoms with E-state index >= 15 is 0 Å². The highest BCUT2D eigenvalue weighted by atomic mass is 79.9. The van der Waals surface area contributed by atoms with Crippen molar-refractivity contribution in [1.82, 2.24) is 4.98 Å². The lowest BCUT2D eigenvalue weighted by atomic mass is 10.1. The highest BCUT2D eigenvalue weighted by Gasteiger charge is 2.07. The zero-order valence-corrected chi connectivity index (χ0v) is 12.5. The highest BCUT2D eigenvalue weighted by molar-refractivity contribution is 9.08. The third kappa shape index (κ3) is 2.72. The van der Waals surface area contributed by atoms with Crippen molar-refractivity contribution in [3.63, 3.8) is 0 Å². The van der Waals surface area contributed by atoms with Gasteiger partial charge in [0.15, 0.2) is 0 Å². The summed E-state index contributed by atoms with van der Waals surface area (Å²) in [6.07, 6.45) is 1.91. The second-order valence-corrected chi connectivity index (χ2v) is 5.07. The first-order chi connectivity index (χ1) is 8.61. The van der Waals surface area contributed by atoms with E-state index in [4.69, 9.17) is 0 Å². The lowest BCUT2D eigenvalue weighted by Gasteiger charge is -2.21. The van der Waals surface area contributed by atoms with Gasteiger partial charge in [-0.15, -0.1) is 0 Å². The topological polar surface area (TPSA) is 16.1 Å². The van der Waals surface area contributed by atoms with Crippen LogP contribution in [0.25, 0.3) is 0 Å². The number of halogens is 1. The fourth-order valence-electron chi connectivity index (χ4n) is 2.00. The normalized spacial score (nSPS) is 10.4. The van der Waals surface area contributed by atoms with Crippen LogP contribution in [-0.2, 0) is 5.33 Å². The van der Waals surface area contributed by atoms with Crippen LogP contribution in [0.5, 0.6) is 0 Å². The van der Waals surface area contributed by atoms with Crippen LogP contribution < -0.4 is 4.90 Å². The molecule has 1 aromatic carbocycles. The molecule has 2 rings (SSSR count). The van der Waals surface area contributed by atoms with Crippen molar-refractivity contribution in [2.24, 2.45) is 0 Å². The zero-order chi connectivity index (χ0) is 13.1. The summed E-state index contributed by atoms with van der Waals surface area (Å²) >= 11 is 3.43. The molecular formula is C15H17BrN2. The number of nitrogens with zero attached hydrogens (tertiary/aromatic N) is 2. The summed E-state index contributed by atoms with van der Waals surface area (Å²) in [7, 11) is 2.05. The Kier molecular flexibility index (Phi) is 4.02. The summed E-state index contributed by atoms with van der Waals surface area (Å²) in [6, 6.07) is 10.6. The molecule has 2 nitrogen and oxygen atoms in total. The van der Waals surface area contributed by atoms with Crippen LogP contribution in [-0.4, -0.2) is 12.0 Å². The quantitative estimate of drug-likeness (QED) is 0.783. The molecule has 0 saturated heterocycles. The number of hydrogen-bond acceptors (Lipinski definition) is 2. The van der Waals surface area contributed by atoms with Crippen LogP contribution in [0.2, 0.25) is 0 Å². The maximum Gasteiger partial charge on any atom is 0.132 e. The van der Waals surface area contributed by atoms with Crippen molar-refractivity contribution >= 4 is 27.4 Å². The number of pyridine rings is 1. The molecule has 0 bridgehead atoms. The number of anilines is 2. The van der Waals surface area contributed by atoms with Gasteiger partial charge in [0, 0.05) is 24.3 Å². The van der Waals surface area contributed by atoms with Crippen LogP contribution in [0.15, 0.2) is 36.5 Å². The summed E-state index contributed by atoms with van der Waals surface area (Å²) in [4.78, 5) is 6.60. The van der Waals surface area contributed by atoms with E-state index in [0.29, 0.717) is 0 Å². The van der Waals surface area contributed by atoms with E-state index in [2.05, 4.69) is 70.0 Å². The second kappa shape index (κ2) is 5.53. The average Bonchev–Trinajstić information content (AvgIpc) is 2.38. The van der Waals surface area contributed by atoms with Gasteiger partial charge in [0.25, 0.3) is 0 Å². The Bertz CT molecular complexity index is 535. The van der Waals surface area contributed by atoms with Crippen LogP contribution in [0, 0.1) is 13.8 Å². The van der Waals surface area contributed by atoms with Crippen LogP contribution in [0.4, 0.5) is 11.5 Å². The Morgan fingerprint density at radius 3 is 2.50 bits per heavy atom. The van der Waals surface area contributed by atoms with Gasteiger partial charge in [-0.2, -0.15) is 0 Å². The first-order valence-corrected chi connectivity index (χ1v) is 7.06. The molecule has 0 spiro atoms. The predicted molar refractivity (Wildman–Crippen MR) is 80.8 cm³/mol. The molecule has 0 fully saturated rings. The van der Waals surface area contributed by atoms with E-state index in [9.17, 15) is 0 Å². The smallest absolute Gasteiger partial charge is 0.132 e. The number of rotatable bonds is 3. The van der Waals surface area contributed by atoms with Crippen molar-refractivity contribution < 1.29 is 0 Å². The molecule has 0 aliphatic carbocycles. The van der Waals surface area contributed by atoms with Crippen molar-refractivity contribution in [3.8, 4) is 0 Å². The Morgan fingerprint density at radius 2 is 1.94 bits per heavy atom. The van der Waals surface area contributed by atoms with Gasteiger partial charge in [-0.05, 0) is 37.1 Å². The molecule has 0 radical (unpaired) electrons. The fourth-order valence-corrected chi connectivity index (χ4v) is 2.33. The first kappa shape index (κ1) is 13.1. The molecule has 2 aromatic rings. The molecule has 94 valence electrons. The van der Waals surface area contributed by atoms with Gasteiger partial charge in [0.2, 0.25) is 0 Å². The molecule has 0 N–H and O–H groups in total. The minimum Gasteiger partial charge on any atom is -0.329 e. The maximum atomic E-state index is 4.49. The molecule has 3 heteroatoms. The monoisotopic (exact) mass is 304 g/mol. The zero-order valence-electron chi connectivity index (χ0n) is 10.9. The van der Waals surface area contributed by atoms with E-state index in [1.165, 1.54) is 22.4 Å². The average molecular weight is 305 g/mol. The minimum atomic E-state index is 0.841. The number of benzene rings is 1. The second-order valence-electron chi connectivity index (χ2n) is 4.51. The Morgan fingerprint density at radius 1 is 1.17 bits per heavy atom. The molecule has 0 aliphatic rings. The van der Waals surface area contributed by atoms with E-state index in [1.807, 2.05) is 13.2 Å². The maximum absolute atomic E-state index is 4.49. The Labute approximate surface area is 117 Å². The third-order valence-electron chi connectivity index (χ3n) is 3.02. The summed E-state index contributed by atoms with van der Waals surface area (Å²) in [5.74, 6) is 0.964. The van der Waals surface area contributed by atoms with Crippen molar-refractivity contribution in [2.45, 2.75) is 19.2 Å². The van der Waals surface area contributed by atoms with Gasteiger partial charge in [-0.1, -0.05) is 39.7 Å². The van der Waals surface area contributed by atoms with Gasteiger partial charge in [0.05, 0.1) is 0 Å². The number of hydrogen-bond donors (Lipinski definition) is 0. The summed E-state index contributed by atoms with van der Waals surface area (Å²) in [6.45, 7) is 4.24. The molecule has 0 saturated carbocycles. The molecule has 0 amide bonds. The summed E-state index contributed by atoms with van der Waals surface area (Å²) in [5, 5.41) is 0.841. The molecule has 1 aromatic heterocycles. The van der Waals surface area contributed by atoms with E-state index < -0.39 is 0 Å². The van der Waals surface area contributed by atoms with Crippen molar-refractivity contribution in [1.29, 1.82) is 0 Å². The number of alkyl halides is 1. The molecule has 0 aliphatic heterocycles. The summed E-state index contributed by atoms with van der Waals surface area (Å²) < 4.78 is 0. The summed E-state index contributed by atoms with van der Waals surface area (Å²) in [5.41, 5.74) is 4.93. The van der Waals surface area contributed by atoms with Gasteiger partial charge in [-0.25, -0.2) is 4.98 Å². The fraction of sp³-hybridized carbons (Fsp3) is 0.267.